The summed E-state index contributed by atoms with van der Waals surface area (Å²) in [5.41, 5.74) is 0. The van der Waals surface area contributed by atoms with Gasteiger partial charge in [0.15, 0.2) is 0 Å². The molecule has 3 N–H and O–H groups in total. The lowest BCUT2D eigenvalue weighted by Crippen LogP contribution is -2.46. The summed E-state index contributed by atoms with van der Waals surface area (Å²) in [7, 11) is 1.33. The van der Waals surface area contributed by atoms with Crippen LogP contribution in [0.5, 0.6) is 0 Å². The first-order valence-corrected chi connectivity index (χ1v) is 7.49. The number of carbonyl (C=O) groups excluding carboxylic acids is 3. The maximum Gasteiger partial charge on any atom is 0.315 e. The summed E-state index contributed by atoms with van der Waals surface area (Å²) in [5, 5.41) is 8.04. The molecule has 7 nitrogen and oxygen atoms in total. The number of amides is 3. The molecule has 0 atom stereocenters. The van der Waals surface area contributed by atoms with Gasteiger partial charge < -0.3 is 20.7 Å². The highest BCUT2D eigenvalue weighted by Gasteiger charge is 2.15. The van der Waals surface area contributed by atoms with Gasteiger partial charge in [-0.2, -0.15) is 0 Å². The predicted octanol–water partition coefficient (Wildman–Crippen LogP) is 0.688. The fraction of sp³-hybridized carbons (Fsp3) is 0.786. The first-order valence-electron chi connectivity index (χ1n) is 7.49. The van der Waals surface area contributed by atoms with Crippen molar-refractivity contribution in [1.29, 1.82) is 0 Å². The Balaban J connectivity index is 2.03. The maximum absolute atomic E-state index is 11.6. The Labute approximate surface area is 125 Å². The molecule has 0 spiro atoms. The zero-order chi connectivity index (χ0) is 15.5. The summed E-state index contributed by atoms with van der Waals surface area (Å²) < 4.78 is 4.49. The Kier molecular flexibility index (Phi) is 8.23. The molecule has 0 aromatic rings. The van der Waals surface area contributed by atoms with Crippen LogP contribution in [-0.2, 0) is 14.3 Å². The van der Waals surface area contributed by atoms with Crippen molar-refractivity contribution >= 4 is 17.9 Å². The molecule has 0 aliphatic heterocycles. The summed E-state index contributed by atoms with van der Waals surface area (Å²) in [6.45, 7) is 0.330. The first-order chi connectivity index (χ1) is 10.1. The predicted molar refractivity (Wildman–Crippen MR) is 77.7 cm³/mol. The molecule has 0 aromatic heterocycles. The molecule has 0 heterocycles. The second-order valence-electron chi connectivity index (χ2n) is 5.19. The fourth-order valence-corrected chi connectivity index (χ4v) is 2.27. The molecule has 0 saturated heterocycles. The van der Waals surface area contributed by atoms with Gasteiger partial charge in [0.1, 0.15) is 0 Å². The van der Waals surface area contributed by atoms with E-state index in [4.69, 9.17) is 0 Å². The van der Waals surface area contributed by atoms with Gasteiger partial charge in [0.2, 0.25) is 5.91 Å². The van der Waals surface area contributed by atoms with E-state index in [2.05, 4.69) is 20.7 Å². The lowest BCUT2D eigenvalue weighted by Gasteiger charge is -2.22. The number of hydrogen-bond acceptors (Lipinski definition) is 4. The molecule has 0 unspecified atom stereocenters. The van der Waals surface area contributed by atoms with Crippen LogP contribution in [0, 0.1) is 0 Å². The Morgan fingerprint density at radius 2 is 1.81 bits per heavy atom. The lowest BCUT2D eigenvalue weighted by atomic mass is 9.96. The normalized spacial score (nSPS) is 15.1. The van der Waals surface area contributed by atoms with Crippen molar-refractivity contribution in [3.63, 3.8) is 0 Å². The lowest BCUT2D eigenvalue weighted by molar-refractivity contribution is -0.140. The van der Waals surface area contributed by atoms with Crippen LogP contribution in [0.2, 0.25) is 0 Å². The number of esters is 1. The summed E-state index contributed by atoms with van der Waals surface area (Å²) in [6, 6.07) is -0.0755. The molecule has 7 heteroatoms. The van der Waals surface area contributed by atoms with E-state index in [0.29, 0.717) is 13.0 Å². The van der Waals surface area contributed by atoms with Gasteiger partial charge in [0, 0.05) is 19.0 Å². The average molecular weight is 299 g/mol. The minimum atomic E-state index is -0.299. The third kappa shape index (κ3) is 8.16. The molecule has 1 rings (SSSR count). The zero-order valence-electron chi connectivity index (χ0n) is 12.6. The smallest absolute Gasteiger partial charge is 0.315 e. The summed E-state index contributed by atoms with van der Waals surface area (Å²) >= 11 is 0. The summed E-state index contributed by atoms with van der Waals surface area (Å²) in [4.78, 5) is 34.0. The van der Waals surface area contributed by atoms with Crippen molar-refractivity contribution in [3.05, 3.63) is 0 Å². The van der Waals surface area contributed by atoms with Gasteiger partial charge in [-0.3, -0.25) is 9.59 Å². The monoisotopic (exact) mass is 299 g/mol. The van der Waals surface area contributed by atoms with E-state index in [1.165, 1.54) is 13.5 Å². The van der Waals surface area contributed by atoms with Gasteiger partial charge in [0.05, 0.1) is 13.7 Å². The van der Waals surface area contributed by atoms with Crippen molar-refractivity contribution in [2.45, 2.75) is 51.0 Å². The third-order valence-corrected chi connectivity index (χ3v) is 3.46. The maximum atomic E-state index is 11.6. The van der Waals surface area contributed by atoms with Crippen molar-refractivity contribution < 1.29 is 19.1 Å². The Bertz CT molecular complexity index is 354. The molecule has 1 aliphatic carbocycles. The Morgan fingerprint density at radius 1 is 1.10 bits per heavy atom. The van der Waals surface area contributed by atoms with Crippen LogP contribution in [0.15, 0.2) is 0 Å². The second kappa shape index (κ2) is 10.0. The summed E-state index contributed by atoms with van der Waals surface area (Å²) in [6.07, 6.45) is 6.32. The highest BCUT2D eigenvalue weighted by Crippen LogP contribution is 2.16. The fourth-order valence-electron chi connectivity index (χ4n) is 2.27. The van der Waals surface area contributed by atoms with Crippen LogP contribution >= 0.6 is 0 Å². The standard InChI is InChI=1S/C14H25N3O4/c1-21-13(19)8-5-9-15-12(18)10-16-14(20)17-11-6-3-2-4-7-11/h11H,2-10H2,1H3,(H,15,18)(H2,16,17,20). The highest BCUT2D eigenvalue weighted by atomic mass is 16.5. The van der Waals surface area contributed by atoms with Crippen molar-refractivity contribution in [1.82, 2.24) is 16.0 Å². The van der Waals surface area contributed by atoms with E-state index in [1.807, 2.05) is 0 Å². The van der Waals surface area contributed by atoms with Crippen molar-refractivity contribution in [2.24, 2.45) is 0 Å². The summed E-state index contributed by atoms with van der Waals surface area (Å²) in [5.74, 6) is -0.562. The van der Waals surface area contributed by atoms with Crippen molar-refractivity contribution in [3.8, 4) is 0 Å². The van der Waals surface area contributed by atoms with Crippen LogP contribution < -0.4 is 16.0 Å². The van der Waals surface area contributed by atoms with Crippen molar-refractivity contribution in [2.75, 3.05) is 20.2 Å². The number of urea groups is 1. The molecule has 21 heavy (non-hydrogen) atoms. The SMILES string of the molecule is COC(=O)CCCNC(=O)CNC(=O)NC1CCCCC1. The van der Waals surface area contributed by atoms with Crippen LogP contribution in [0.1, 0.15) is 44.9 Å². The van der Waals surface area contributed by atoms with Gasteiger partial charge in [-0.25, -0.2) is 4.79 Å². The molecule has 3 amide bonds. The number of carbonyl (C=O) groups is 3. The number of rotatable bonds is 7. The van der Waals surface area contributed by atoms with E-state index in [-0.39, 0.29) is 36.9 Å². The molecular formula is C14H25N3O4. The first kappa shape index (κ1) is 17.3. The van der Waals surface area contributed by atoms with E-state index in [9.17, 15) is 14.4 Å². The van der Waals surface area contributed by atoms with Crippen LogP contribution in [0.3, 0.4) is 0 Å². The van der Waals surface area contributed by atoms with E-state index in [1.54, 1.807) is 0 Å². The van der Waals surface area contributed by atoms with Crippen LogP contribution in [0.25, 0.3) is 0 Å². The largest absolute Gasteiger partial charge is 0.469 e. The molecule has 0 aromatic carbocycles. The van der Waals surface area contributed by atoms with E-state index < -0.39 is 0 Å². The van der Waals surface area contributed by atoms with Gasteiger partial charge in [0.25, 0.3) is 0 Å². The number of hydrogen-bond donors (Lipinski definition) is 3. The number of methoxy groups -OCH3 is 1. The molecule has 0 bridgehead atoms. The second-order valence-corrected chi connectivity index (χ2v) is 5.19. The van der Waals surface area contributed by atoms with Gasteiger partial charge in [-0.15, -0.1) is 0 Å². The number of nitrogens with one attached hydrogen (secondary N) is 3. The number of ether oxygens (including phenoxy) is 1. The zero-order valence-corrected chi connectivity index (χ0v) is 12.6. The molecule has 1 aliphatic rings. The molecule has 0 radical (unpaired) electrons. The van der Waals surface area contributed by atoms with E-state index >= 15 is 0 Å². The Hall–Kier alpha value is -1.79. The minimum absolute atomic E-state index is 0.0588. The molecular weight excluding hydrogens is 274 g/mol. The van der Waals surface area contributed by atoms with Crippen LogP contribution in [0.4, 0.5) is 4.79 Å². The topological polar surface area (TPSA) is 96.5 Å². The molecule has 120 valence electrons. The van der Waals surface area contributed by atoms with Gasteiger partial charge in [-0.05, 0) is 19.3 Å². The third-order valence-electron chi connectivity index (χ3n) is 3.46. The van der Waals surface area contributed by atoms with E-state index in [0.717, 1.165) is 25.7 Å². The minimum Gasteiger partial charge on any atom is -0.469 e. The molecule has 1 saturated carbocycles. The average Bonchev–Trinajstić information content (AvgIpc) is 2.50. The quantitative estimate of drug-likeness (QED) is 0.476. The molecule has 1 fully saturated rings. The van der Waals surface area contributed by atoms with Crippen LogP contribution in [-0.4, -0.2) is 44.1 Å². The highest BCUT2D eigenvalue weighted by molar-refractivity contribution is 5.84. The van der Waals surface area contributed by atoms with Gasteiger partial charge >= 0.3 is 12.0 Å². The Morgan fingerprint density at radius 3 is 2.48 bits per heavy atom. The van der Waals surface area contributed by atoms with Gasteiger partial charge in [-0.1, -0.05) is 19.3 Å².